The summed E-state index contributed by atoms with van der Waals surface area (Å²) in [7, 11) is 0. The van der Waals surface area contributed by atoms with E-state index < -0.39 is 0 Å². The lowest BCUT2D eigenvalue weighted by Crippen LogP contribution is -2.49. The predicted molar refractivity (Wildman–Crippen MR) is 75.6 cm³/mol. The van der Waals surface area contributed by atoms with Gasteiger partial charge in [-0.15, -0.1) is 6.58 Å². The number of amides is 1. The van der Waals surface area contributed by atoms with E-state index in [0.29, 0.717) is 25.2 Å². The highest BCUT2D eigenvalue weighted by Gasteiger charge is 2.20. The maximum Gasteiger partial charge on any atom is 0.234 e. The van der Waals surface area contributed by atoms with Crippen molar-refractivity contribution in [2.75, 3.05) is 26.2 Å². The molecule has 1 unspecified atom stereocenters. The fourth-order valence-corrected chi connectivity index (χ4v) is 2.25. The fourth-order valence-electron chi connectivity index (χ4n) is 2.25. The van der Waals surface area contributed by atoms with Gasteiger partial charge in [0.05, 0.1) is 6.54 Å². The van der Waals surface area contributed by atoms with Crippen LogP contribution in [0.15, 0.2) is 12.7 Å². The molecule has 0 aromatic carbocycles. The molecule has 1 aliphatic rings. The van der Waals surface area contributed by atoms with Crippen molar-refractivity contribution in [2.45, 2.75) is 45.2 Å². The first-order valence-corrected chi connectivity index (χ1v) is 6.98. The first-order chi connectivity index (χ1) is 8.63. The van der Waals surface area contributed by atoms with Crippen molar-refractivity contribution >= 4 is 5.91 Å². The molecule has 1 fully saturated rings. The number of piperidine rings is 1. The van der Waals surface area contributed by atoms with Gasteiger partial charge in [-0.25, -0.2) is 0 Å². The van der Waals surface area contributed by atoms with Gasteiger partial charge in [0.2, 0.25) is 5.91 Å². The molecule has 0 aromatic heterocycles. The smallest absolute Gasteiger partial charge is 0.234 e. The molecule has 1 rings (SSSR count). The zero-order chi connectivity index (χ0) is 13.4. The van der Waals surface area contributed by atoms with Crippen molar-refractivity contribution in [1.82, 2.24) is 15.5 Å². The number of nitrogens with one attached hydrogen (secondary N) is 2. The molecular formula is C14H27N3O. The quantitative estimate of drug-likeness (QED) is 0.669. The van der Waals surface area contributed by atoms with Crippen LogP contribution in [0.3, 0.4) is 0 Å². The normalized spacial score (nSPS) is 20.1. The molecule has 0 radical (unpaired) electrons. The zero-order valence-corrected chi connectivity index (χ0v) is 11.7. The van der Waals surface area contributed by atoms with Crippen molar-refractivity contribution in [1.29, 1.82) is 0 Å². The van der Waals surface area contributed by atoms with Crippen molar-refractivity contribution in [3.8, 4) is 0 Å². The van der Waals surface area contributed by atoms with Crippen LogP contribution >= 0.6 is 0 Å². The lowest BCUT2D eigenvalue weighted by atomic mass is 10.0. The minimum Gasteiger partial charge on any atom is -0.352 e. The lowest BCUT2D eigenvalue weighted by Gasteiger charge is -2.32. The van der Waals surface area contributed by atoms with Gasteiger partial charge in [-0.05, 0) is 33.2 Å². The summed E-state index contributed by atoms with van der Waals surface area (Å²) in [5.74, 6) is 0.0828. The third-order valence-corrected chi connectivity index (χ3v) is 3.39. The Balaban J connectivity index is 2.38. The summed E-state index contributed by atoms with van der Waals surface area (Å²) in [5, 5.41) is 6.37. The molecule has 1 aliphatic heterocycles. The van der Waals surface area contributed by atoms with E-state index in [9.17, 15) is 4.79 Å². The van der Waals surface area contributed by atoms with Crippen molar-refractivity contribution < 1.29 is 4.79 Å². The van der Waals surface area contributed by atoms with Crippen molar-refractivity contribution in [3.05, 3.63) is 12.7 Å². The molecule has 0 spiro atoms. The first kappa shape index (κ1) is 15.2. The minimum absolute atomic E-state index is 0.0828. The van der Waals surface area contributed by atoms with Crippen LogP contribution in [-0.4, -0.2) is 49.1 Å². The van der Waals surface area contributed by atoms with Crippen LogP contribution in [0.4, 0.5) is 0 Å². The number of rotatable bonds is 7. The second-order valence-electron chi connectivity index (χ2n) is 5.26. The molecule has 0 aliphatic carbocycles. The average molecular weight is 253 g/mol. The Morgan fingerprint density at radius 1 is 1.56 bits per heavy atom. The number of hydrogen-bond acceptors (Lipinski definition) is 3. The van der Waals surface area contributed by atoms with E-state index >= 15 is 0 Å². The van der Waals surface area contributed by atoms with E-state index in [0.717, 1.165) is 13.1 Å². The van der Waals surface area contributed by atoms with Gasteiger partial charge in [0.15, 0.2) is 0 Å². The fraction of sp³-hybridized carbons (Fsp3) is 0.786. The van der Waals surface area contributed by atoms with Gasteiger partial charge in [0.25, 0.3) is 0 Å². The van der Waals surface area contributed by atoms with E-state index in [4.69, 9.17) is 0 Å². The molecule has 1 amide bonds. The highest BCUT2D eigenvalue weighted by molar-refractivity contribution is 5.78. The molecule has 4 nitrogen and oxygen atoms in total. The van der Waals surface area contributed by atoms with Crippen molar-refractivity contribution in [2.24, 2.45) is 0 Å². The molecule has 1 saturated heterocycles. The van der Waals surface area contributed by atoms with E-state index in [1.54, 1.807) is 6.08 Å². The zero-order valence-electron chi connectivity index (χ0n) is 11.7. The Morgan fingerprint density at radius 2 is 2.33 bits per heavy atom. The molecular weight excluding hydrogens is 226 g/mol. The van der Waals surface area contributed by atoms with Gasteiger partial charge < -0.3 is 10.6 Å². The summed E-state index contributed by atoms with van der Waals surface area (Å²) < 4.78 is 0. The Kier molecular flexibility index (Phi) is 6.98. The molecule has 0 aromatic rings. The van der Waals surface area contributed by atoms with E-state index in [1.165, 1.54) is 19.3 Å². The van der Waals surface area contributed by atoms with Gasteiger partial charge in [-0.2, -0.15) is 0 Å². The first-order valence-electron chi connectivity index (χ1n) is 6.98. The Morgan fingerprint density at radius 3 is 2.89 bits per heavy atom. The van der Waals surface area contributed by atoms with Gasteiger partial charge >= 0.3 is 0 Å². The molecule has 18 heavy (non-hydrogen) atoms. The molecule has 0 bridgehead atoms. The van der Waals surface area contributed by atoms with Crippen LogP contribution in [0, 0.1) is 0 Å². The van der Waals surface area contributed by atoms with Gasteiger partial charge in [-0.1, -0.05) is 12.5 Å². The summed E-state index contributed by atoms with van der Waals surface area (Å²) in [6.45, 7) is 11.0. The van der Waals surface area contributed by atoms with Crippen LogP contribution in [0.2, 0.25) is 0 Å². The second kappa shape index (κ2) is 8.27. The Hall–Kier alpha value is -0.870. The van der Waals surface area contributed by atoms with Crippen LogP contribution in [0.25, 0.3) is 0 Å². The second-order valence-corrected chi connectivity index (χ2v) is 5.26. The number of nitrogens with zero attached hydrogens (tertiary/aromatic N) is 1. The lowest BCUT2D eigenvalue weighted by molar-refractivity contribution is -0.122. The van der Waals surface area contributed by atoms with E-state index in [1.807, 2.05) is 0 Å². The number of carbonyl (C=O) groups is 1. The Bertz CT molecular complexity index is 260. The van der Waals surface area contributed by atoms with Crippen LogP contribution < -0.4 is 10.6 Å². The Labute approximate surface area is 111 Å². The molecule has 4 heteroatoms. The molecule has 0 saturated carbocycles. The predicted octanol–water partition coefficient (Wildman–Crippen LogP) is 1.14. The molecule has 1 atom stereocenters. The van der Waals surface area contributed by atoms with Crippen LogP contribution in [0.1, 0.15) is 33.1 Å². The van der Waals surface area contributed by atoms with Gasteiger partial charge in [-0.3, -0.25) is 9.69 Å². The summed E-state index contributed by atoms with van der Waals surface area (Å²) in [4.78, 5) is 14.0. The van der Waals surface area contributed by atoms with Crippen LogP contribution in [-0.2, 0) is 4.79 Å². The third kappa shape index (κ3) is 5.65. The molecule has 2 N–H and O–H groups in total. The average Bonchev–Trinajstić information content (AvgIpc) is 2.36. The third-order valence-electron chi connectivity index (χ3n) is 3.39. The van der Waals surface area contributed by atoms with Crippen LogP contribution in [0.5, 0.6) is 0 Å². The minimum atomic E-state index is 0.0828. The number of hydrogen-bond donors (Lipinski definition) is 2. The SMILES string of the molecule is C=CCNC(=O)CN(CC1CCCCN1)C(C)C. The molecule has 104 valence electrons. The standard InChI is InChI=1S/C14H27N3O/c1-4-8-16-14(18)11-17(12(2)3)10-13-7-5-6-9-15-13/h4,12-13,15H,1,5-11H2,2-3H3,(H,16,18). The van der Waals surface area contributed by atoms with Gasteiger partial charge in [0, 0.05) is 25.2 Å². The number of carbonyl (C=O) groups excluding carboxylic acids is 1. The summed E-state index contributed by atoms with van der Waals surface area (Å²) in [6, 6.07) is 0.927. The highest BCUT2D eigenvalue weighted by Crippen LogP contribution is 2.10. The van der Waals surface area contributed by atoms with E-state index in [2.05, 4.69) is 36.0 Å². The maximum absolute atomic E-state index is 11.7. The molecule has 1 heterocycles. The monoisotopic (exact) mass is 253 g/mol. The highest BCUT2D eigenvalue weighted by atomic mass is 16.2. The largest absolute Gasteiger partial charge is 0.352 e. The maximum atomic E-state index is 11.7. The summed E-state index contributed by atoms with van der Waals surface area (Å²) in [6.07, 6.45) is 5.50. The van der Waals surface area contributed by atoms with E-state index in [-0.39, 0.29) is 5.91 Å². The topological polar surface area (TPSA) is 44.4 Å². The summed E-state index contributed by atoms with van der Waals surface area (Å²) >= 11 is 0. The van der Waals surface area contributed by atoms with Gasteiger partial charge in [0.1, 0.15) is 0 Å². The van der Waals surface area contributed by atoms with Crippen molar-refractivity contribution in [3.63, 3.8) is 0 Å². The summed E-state index contributed by atoms with van der Waals surface area (Å²) in [5.41, 5.74) is 0.